The highest BCUT2D eigenvalue weighted by Crippen LogP contribution is 2.30. The van der Waals surface area contributed by atoms with Gasteiger partial charge in [-0.2, -0.15) is 0 Å². The van der Waals surface area contributed by atoms with Crippen LogP contribution in [0.4, 0.5) is 53.8 Å². The molecule has 101 heavy (non-hydrogen) atoms. The number of anilines is 4. The van der Waals surface area contributed by atoms with Gasteiger partial charge in [0.15, 0.2) is 6.20 Å². The Balaban J connectivity index is 0.000000213. The molecule has 4 fully saturated rings. The molecule has 10 rings (SSSR count). The van der Waals surface area contributed by atoms with E-state index in [4.69, 9.17) is 24.7 Å². The first-order valence-electron chi connectivity index (χ1n) is 33.4. The molecule has 6 aromatic rings. The molecule has 5 amide bonds. The molecule has 4 N–H and O–H groups in total. The van der Waals surface area contributed by atoms with Gasteiger partial charge in [-0.1, -0.05) is 24.3 Å². The predicted octanol–water partition coefficient (Wildman–Crippen LogP) is 12.1. The van der Waals surface area contributed by atoms with Crippen molar-refractivity contribution in [2.75, 3.05) is 112 Å². The SMILES string of the molecule is CC(C)(C)OC(=O)N1CCC(c2ccc([N+](=O)[O-])nc2)CC1.CC(C)(C)OC(=O)N1CCN(c2ccc(N)nc2)CC1.CC(C)(C)OC(=O)N1CCNCC1.Cc1cc(-c2ccc(CC(=O)Nc3ccc(N4CCN(C(=O)OC(C)(C)C)CC4)cn3)cc2)ccn1.O=[N+]([O-])c1ccc(Br)cn1. The number of nitrogen functional groups attached to an aromatic ring is 1. The van der Waals surface area contributed by atoms with Crippen LogP contribution in [-0.2, 0) is 30.2 Å². The average molecular weight is 1460 g/mol. The number of nitrogens with zero attached hydrogens (tertiary/aromatic N) is 13. The minimum Gasteiger partial charge on any atom is -0.444 e. The van der Waals surface area contributed by atoms with Crippen LogP contribution in [0.2, 0.25) is 0 Å². The Labute approximate surface area is 599 Å². The number of piperidine rings is 1. The lowest BCUT2D eigenvalue weighted by Crippen LogP contribution is -2.50. The molecule has 0 bridgehead atoms. The molecule has 0 atom stereocenters. The molecule has 4 aliphatic heterocycles. The molecule has 9 heterocycles. The Morgan fingerprint density at radius 2 is 0.970 bits per heavy atom. The third kappa shape index (κ3) is 28.7. The highest BCUT2D eigenvalue weighted by Gasteiger charge is 2.31. The molecular weight excluding hydrogens is 1360 g/mol. The Morgan fingerprint density at radius 1 is 0.525 bits per heavy atom. The zero-order chi connectivity index (χ0) is 74.2. The number of aryl methyl sites for hydroxylation is 1. The Bertz CT molecular complexity index is 3650. The van der Waals surface area contributed by atoms with Gasteiger partial charge >= 0.3 is 36.0 Å². The smallest absolute Gasteiger partial charge is 0.410 e. The maximum atomic E-state index is 12.5. The van der Waals surface area contributed by atoms with Gasteiger partial charge in [0.2, 0.25) is 5.91 Å². The maximum absolute atomic E-state index is 12.5. The quantitative estimate of drug-likeness (QED) is 0.0687. The van der Waals surface area contributed by atoms with Gasteiger partial charge in [-0.05, 0) is 215 Å². The molecule has 0 saturated carbocycles. The number of pyridine rings is 5. The van der Waals surface area contributed by atoms with Crippen LogP contribution in [0.15, 0.2) is 120 Å². The first-order chi connectivity index (χ1) is 47.5. The van der Waals surface area contributed by atoms with Crippen LogP contribution in [0.3, 0.4) is 0 Å². The highest BCUT2D eigenvalue weighted by atomic mass is 79.9. The van der Waals surface area contributed by atoms with E-state index in [0.29, 0.717) is 64.0 Å². The van der Waals surface area contributed by atoms with Crippen molar-refractivity contribution in [3.63, 3.8) is 0 Å². The number of piperazine rings is 3. The summed E-state index contributed by atoms with van der Waals surface area (Å²) in [6.07, 6.45) is 9.14. The van der Waals surface area contributed by atoms with Gasteiger partial charge in [0.25, 0.3) is 0 Å². The zero-order valence-electron chi connectivity index (χ0n) is 60.1. The van der Waals surface area contributed by atoms with Crippen LogP contribution < -0.4 is 26.2 Å². The second kappa shape index (κ2) is 37.0. The third-order valence-electron chi connectivity index (χ3n) is 15.2. The van der Waals surface area contributed by atoms with Crippen molar-refractivity contribution < 1.29 is 52.8 Å². The number of rotatable bonds is 9. The largest absolute Gasteiger partial charge is 0.444 e. The second-order valence-electron chi connectivity index (χ2n) is 28.1. The Hall–Kier alpha value is -9.84. The zero-order valence-corrected chi connectivity index (χ0v) is 61.7. The fourth-order valence-electron chi connectivity index (χ4n) is 10.2. The van der Waals surface area contributed by atoms with Crippen LogP contribution in [0, 0.1) is 27.2 Å². The summed E-state index contributed by atoms with van der Waals surface area (Å²) in [6, 6.07) is 25.6. The van der Waals surface area contributed by atoms with Crippen molar-refractivity contribution in [1.82, 2.24) is 49.8 Å². The summed E-state index contributed by atoms with van der Waals surface area (Å²) in [5.41, 5.74) is 10.8. The molecule has 0 aliphatic carbocycles. The molecule has 0 spiro atoms. The van der Waals surface area contributed by atoms with E-state index in [9.17, 15) is 44.2 Å². The van der Waals surface area contributed by atoms with Crippen LogP contribution in [-0.4, -0.2) is 199 Å². The van der Waals surface area contributed by atoms with Crippen molar-refractivity contribution in [3.8, 4) is 11.1 Å². The van der Waals surface area contributed by atoms with Crippen molar-refractivity contribution in [1.29, 1.82) is 0 Å². The molecule has 0 radical (unpaired) electrons. The van der Waals surface area contributed by atoms with Gasteiger partial charge in [-0.25, -0.2) is 29.1 Å². The maximum Gasteiger partial charge on any atom is 0.410 e. The minimum absolute atomic E-state index is 0.117. The van der Waals surface area contributed by atoms with Gasteiger partial charge in [0.05, 0.1) is 34.7 Å². The van der Waals surface area contributed by atoms with E-state index in [1.54, 1.807) is 62.6 Å². The van der Waals surface area contributed by atoms with Crippen LogP contribution in [0.5, 0.6) is 0 Å². The average Bonchev–Trinajstić information content (AvgIpc) is 1.19. The summed E-state index contributed by atoms with van der Waals surface area (Å²) in [6.45, 7) is 34.3. The van der Waals surface area contributed by atoms with E-state index < -0.39 is 26.6 Å². The summed E-state index contributed by atoms with van der Waals surface area (Å²) >= 11 is 3.11. The molecule has 30 heteroatoms. The number of aromatic nitrogens is 5. The number of nitrogens with two attached hydrogens (primary N) is 1. The molecule has 1 aromatic carbocycles. The number of halogens is 1. The topological polar surface area (TPSA) is 343 Å². The summed E-state index contributed by atoms with van der Waals surface area (Å²) in [7, 11) is 0. The summed E-state index contributed by atoms with van der Waals surface area (Å²) < 4.78 is 22.2. The molecule has 0 unspecified atom stereocenters. The van der Waals surface area contributed by atoms with Crippen molar-refractivity contribution >= 4 is 80.9 Å². The van der Waals surface area contributed by atoms with E-state index in [1.165, 1.54) is 18.3 Å². The van der Waals surface area contributed by atoms with Crippen molar-refractivity contribution in [2.45, 2.75) is 138 Å². The second-order valence-corrected chi connectivity index (χ2v) is 29.0. The Kier molecular flexibility index (Phi) is 29.4. The van der Waals surface area contributed by atoms with E-state index in [1.807, 2.05) is 145 Å². The molecule has 546 valence electrons. The fraction of sp³-hybridized carbons (Fsp3) is 0.493. The van der Waals surface area contributed by atoms with E-state index >= 15 is 0 Å². The number of ether oxygens (including phenoxy) is 4. The lowest BCUT2D eigenvalue weighted by molar-refractivity contribution is -0.389. The van der Waals surface area contributed by atoms with Gasteiger partial charge in [-0.15, -0.1) is 0 Å². The van der Waals surface area contributed by atoms with Crippen molar-refractivity contribution in [3.05, 3.63) is 157 Å². The lowest BCUT2D eigenvalue weighted by atomic mass is 9.91. The number of carbonyl (C=O) groups is 5. The minimum atomic E-state index is -0.535. The van der Waals surface area contributed by atoms with Crippen LogP contribution in [0.25, 0.3) is 11.1 Å². The fourth-order valence-corrected chi connectivity index (χ4v) is 10.4. The van der Waals surface area contributed by atoms with E-state index in [2.05, 4.69) is 61.3 Å². The number of nitro groups is 2. The highest BCUT2D eigenvalue weighted by molar-refractivity contribution is 9.10. The normalized spacial score (nSPS) is 15.0. The number of carbonyl (C=O) groups excluding carboxylic acids is 5. The predicted molar refractivity (Wildman–Crippen MR) is 390 cm³/mol. The van der Waals surface area contributed by atoms with E-state index in [0.717, 1.165) is 95.9 Å². The number of hydrogen-bond acceptors (Lipinski definition) is 22. The Morgan fingerprint density at radius 3 is 1.37 bits per heavy atom. The van der Waals surface area contributed by atoms with Gasteiger partial charge in [0.1, 0.15) is 40.2 Å². The third-order valence-corrected chi connectivity index (χ3v) is 15.6. The van der Waals surface area contributed by atoms with Crippen molar-refractivity contribution in [2.24, 2.45) is 0 Å². The summed E-state index contributed by atoms with van der Waals surface area (Å²) in [4.78, 5) is 111. The number of hydrogen-bond donors (Lipinski definition) is 3. The van der Waals surface area contributed by atoms with Gasteiger partial charge in [0, 0.05) is 116 Å². The molecular formula is C71H97BrN16O13. The number of likely N-dealkylation sites (tertiary alicyclic amines) is 1. The van der Waals surface area contributed by atoms with Crippen LogP contribution >= 0.6 is 15.9 Å². The molecule has 4 saturated heterocycles. The van der Waals surface area contributed by atoms with E-state index in [-0.39, 0.29) is 59.9 Å². The first-order valence-corrected chi connectivity index (χ1v) is 34.2. The number of benzene rings is 1. The number of nitrogens with one attached hydrogen (secondary N) is 2. The molecule has 5 aromatic heterocycles. The molecule has 4 aliphatic rings. The van der Waals surface area contributed by atoms with Gasteiger partial charge in [-0.3, -0.25) is 9.78 Å². The summed E-state index contributed by atoms with van der Waals surface area (Å²) in [5, 5.41) is 26.7. The van der Waals surface area contributed by atoms with Crippen LogP contribution in [0.1, 0.15) is 119 Å². The monoisotopic (exact) mass is 1460 g/mol. The van der Waals surface area contributed by atoms with Gasteiger partial charge < -0.3 is 84.9 Å². The number of amides is 5. The first kappa shape index (κ1) is 80.1. The standard InChI is InChI=1S/C28H33N5O3.C15H21N3O4.C14H22N4O2.C9H18N2O2.C5H3BrN2O2/c1-20-17-23(11-12-29-20)22-7-5-21(6-8-22)18-26(34)31-25-10-9-24(19-30-25)32-13-15-33(16-14-32)27(35)36-28(2,3)4;1-15(2,3)22-14(19)17-8-6-11(7-9-17)12-4-5-13(16-10-12)18(20)21;1-14(2,3)20-13(19)18-8-6-17(7-9-18)11-4-5-12(15)16-10-11;1-9(2,3)13-8(12)11-6-4-10-5-7-11;6-4-1-2-5(7-3-4)8(9)10/h5-12,17,19H,13-16,18H2,1-4H3,(H,30,31,34);4-5,10-11H,6-9H2,1-3H3;4-5,10H,6-9H2,1-3H3,(H2,15,16);10H,4-7H2,1-3H3;1-3H. The molecule has 29 nitrogen and oxygen atoms in total. The lowest BCUT2D eigenvalue weighted by Gasteiger charge is -2.36. The summed E-state index contributed by atoms with van der Waals surface area (Å²) in [5.74, 6) is 0.903.